The van der Waals surface area contributed by atoms with Crippen LogP contribution in [0.4, 0.5) is 11.5 Å². The number of aryl methyl sites for hydroxylation is 1. The molecular formula is C21H24N6O3S. The number of aromatic amines is 1. The summed E-state index contributed by atoms with van der Waals surface area (Å²) in [4.78, 5) is 18.4. The Hall–Kier alpha value is -2.98. The van der Waals surface area contributed by atoms with E-state index in [0.717, 1.165) is 35.2 Å². The largest absolute Gasteiger partial charge is 0.384 e. The first-order valence-electron chi connectivity index (χ1n) is 10.4. The van der Waals surface area contributed by atoms with E-state index >= 15 is 0 Å². The average Bonchev–Trinajstić information content (AvgIpc) is 3.40. The van der Waals surface area contributed by atoms with Crippen molar-refractivity contribution in [3.05, 3.63) is 41.6 Å². The van der Waals surface area contributed by atoms with E-state index in [4.69, 9.17) is 5.73 Å². The van der Waals surface area contributed by atoms with Gasteiger partial charge in [0.25, 0.3) is 0 Å². The number of amides is 1. The van der Waals surface area contributed by atoms with Gasteiger partial charge in [0.1, 0.15) is 5.82 Å². The van der Waals surface area contributed by atoms with Crippen LogP contribution in [0.15, 0.2) is 35.2 Å². The molecule has 0 radical (unpaired) electrons. The summed E-state index contributed by atoms with van der Waals surface area (Å²) in [6, 6.07) is 8.86. The van der Waals surface area contributed by atoms with Crippen molar-refractivity contribution in [1.29, 1.82) is 0 Å². The quantitative estimate of drug-likeness (QED) is 0.642. The van der Waals surface area contributed by atoms with Crippen LogP contribution in [0.25, 0.3) is 11.0 Å². The topological polar surface area (TPSA) is 125 Å². The minimum absolute atomic E-state index is 0.00271. The second-order valence-corrected chi connectivity index (χ2v) is 10.1. The summed E-state index contributed by atoms with van der Waals surface area (Å²) >= 11 is 0. The third-order valence-corrected chi connectivity index (χ3v) is 8.09. The fourth-order valence-electron chi connectivity index (χ4n) is 4.56. The van der Waals surface area contributed by atoms with Crippen molar-refractivity contribution < 1.29 is 13.2 Å². The predicted octanol–water partition coefficient (Wildman–Crippen LogP) is 2.02. The second-order valence-electron chi connectivity index (χ2n) is 8.16. The molecule has 4 heterocycles. The first-order valence-corrected chi connectivity index (χ1v) is 11.8. The predicted molar refractivity (Wildman–Crippen MR) is 117 cm³/mol. The van der Waals surface area contributed by atoms with Crippen molar-refractivity contribution in [2.45, 2.75) is 37.0 Å². The number of fused-ring (bicyclic) bond motifs is 2. The number of carbonyl (C=O) groups excluding carboxylic acids is 1. The van der Waals surface area contributed by atoms with Gasteiger partial charge in [-0.05, 0) is 55.2 Å². The molecule has 0 aliphatic carbocycles. The highest BCUT2D eigenvalue weighted by Gasteiger charge is 2.35. The number of aromatic nitrogens is 3. The van der Waals surface area contributed by atoms with E-state index in [0.29, 0.717) is 37.5 Å². The molecule has 1 atom stereocenters. The fraction of sp³-hybridized carbons (Fsp3) is 0.381. The number of nitrogens with one attached hydrogen (secondary N) is 1. The minimum Gasteiger partial charge on any atom is -0.384 e. The van der Waals surface area contributed by atoms with Crippen molar-refractivity contribution in [3.8, 4) is 0 Å². The number of nitrogens with zero attached hydrogens (tertiary/aromatic N) is 4. The molecule has 1 fully saturated rings. The molecule has 1 aromatic carbocycles. The zero-order valence-corrected chi connectivity index (χ0v) is 18.0. The molecule has 2 aliphatic rings. The van der Waals surface area contributed by atoms with Crippen LogP contribution in [0, 0.1) is 0 Å². The molecule has 2 aliphatic heterocycles. The summed E-state index contributed by atoms with van der Waals surface area (Å²) in [5.74, 6) is 0.449. The van der Waals surface area contributed by atoms with Gasteiger partial charge in [-0.2, -0.15) is 9.40 Å². The van der Waals surface area contributed by atoms with Crippen molar-refractivity contribution in [1.82, 2.24) is 19.5 Å². The summed E-state index contributed by atoms with van der Waals surface area (Å²) in [5.41, 5.74) is 8.91. The monoisotopic (exact) mass is 440 g/mol. The lowest BCUT2D eigenvalue weighted by molar-refractivity contribution is -0.116. The molecule has 2 aromatic heterocycles. The first kappa shape index (κ1) is 20.0. The first-order chi connectivity index (χ1) is 14.8. The molecule has 5 rings (SSSR count). The van der Waals surface area contributed by atoms with Gasteiger partial charge in [-0.25, -0.2) is 13.4 Å². The van der Waals surface area contributed by atoms with Gasteiger partial charge in [0.05, 0.1) is 10.3 Å². The number of rotatable bonds is 3. The van der Waals surface area contributed by atoms with Crippen molar-refractivity contribution in [3.63, 3.8) is 0 Å². The summed E-state index contributed by atoms with van der Waals surface area (Å²) in [6.45, 7) is 3.01. The second kappa shape index (κ2) is 7.31. The Balaban J connectivity index is 1.39. The molecule has 9 nitrogen and oxygen atoms in total. The smallest absolute Gasteiger partial charge is 0.243 e. The Labute approximate surface area is 180 Å². The fourth-order valence-corrected chi connectivity index (χ4v) is 6.11. The van der Waals surface area contributed by atoms with Crippen molar-refractivity contribution in [2.24, 2.45) is 0 Å². The number of hydrogen-bond donors (Lipinski definition) is 2. The van der Waals surface area contributed by atoms with Gasteiger partial charge in [0.2, 0.25) is 15.9 Å². The number of nitrogens with two attached hydrogens (primary N) is 1. The van der Waals surface area contributed by atoms with E-state index in [1.54, 1.807) is 23.1 Å². The molecule has 3 N–H and O–H groups in total. The number of H-pyrrole nitrogens is 1. The molecule has 162 valence electrons. The average molecular weight is 441 g/mol. The lowest BCUT2D eigenvalue weighted by Gasteiger charge is -2.29. The Morgan fingerprint density at radius 2 is 2.06 bits per heavy atom. The summed E-state index contributed by atoms with van der Waals surface area (Å²) in [7, 11) is -3.63. The van der Waals surface area contributed by atoms with E-state index < -0.39 is 10.0 Å². The molecule has 10 heteroatoms. The molecule has 0 bridgehead atoms. The lowest BCUT2D eigenvalue weighted by Crippen LogP contribution is -2.34. The maximum atomic E-state index is 13.3. The van der Waals surface area contributed by atoms with Crippen LogP contribution >= 0.6 is 0 Å². The lowest BCUT2D eigenvalue weighted by atomic mass is 10.0. The Bertz CT molecular complexity index is 1290. The summed E-state index contributed by atoms with van der Waals surface area (Å²) in [5, 5.41) is 7.59. The number of pyridine rings is 1. The van der Waals surface area contributed by atoms with E-state index in [-0.39, 0.29) is 16.7 Å². The Kier molecular flexibility index (Phi) is 4.71. The molecule has 0 unspecified atom stereocenters. The van der Waals surface area contributed by atoms with Gasteiger partial charge in [0, 0.05) is 43.9 Å². The van der Waals surface area contributed by atoms with Crippen LogP contribution < -0.4 is 10.6 Å². The number of carbonyl (C=O) groups is 1. The van der Waals surface area contributed by atoms with Crippen LogP contribution in [-0.2, 0) is 21.2 Å². The van der Waals surface area contributed by atoms with Gasteiger partial charge in [0.15, 0.2) is 5.65 Å². The summed E-state index contributed by atoms with van der Waals surface area (Å²) in [6.07, 6.45) is 2.29. The van der Waals surface area contributed by atoms with E-state index in [9.17, 15) is 13.2 Å². The molecule has 0 saturated carbocycles. The number of anilines is 2. The Morgan fingerprint density at radius 1 is 1.23 bits per heavy atom. The Morgan fingerprint density at radius 3 is 2.87 bits per heavy atom. The molecule has 3 aromatic rings. The van der Waals surface area contributed by atoms with Crippen LogP contribution in [-0.4, -0.2) is 53.4 Å². The number of nitrogen functional groups attached to an aromatic ring is 1. The van der Waals surface area contributed by atoms with Gasteiger partial charge in [-0.15, -0.1) is 0 Å². The molecule has 0 spiro atoms. The maximum absolute atomic E-state index is 13.3. The number of hydrogen-bond acceptors (Lipinski definition) is 6. The zero-order chi connectivity index (χ0) is 21.8. The van der Waals surface area contributed by atoms with Crippen molar-refractivity contribution in [2.75, 3.05) is 30.3 Å². The van der Waals surface area contributed by atoms with Crippen molar-refractivity contribution >= 4 is 38.5 Å². The zero-order valence-electron chi connectivity index (χ0n) is 17.2. The molecule has 1 amide bonds. The van der Waals surface area contributed by atoms with Crippen LogP contribution in [0.2, 0.25) is 0 Å². The van der Waals surface area contributed by atoms with Gasteiger partial charge < -0.3 is 10.6 Å². The molecular weight excluding hydrogens is 416 g/mol. The highest BCUT2D eigenvalue weighted by atomic mass is 32.2. The highest BCUT2D eigenvalue weighted by Crippen LogP contribution is 2.34. The third-order valence-electron chi connectivity index (χ3n) is 6.23. The number of sulfonamides is 1. The minimum atomic E-state index is -3.63. The van der Waals surface area contributed by atoms with Crippen LogP contribution in [0.3, 0.4) is 0 Å². The highest BCUT2D eigenvalue weighted by molar-refractivity contribution is 7.89. The van der Waals surface area contributed by atoms with Crippen LogP contribution in [0.5, 0.6) is 0 Å². The van der Waals surface area contributed by atoms with E-state index in [1.807, 2.05) is 12.1 Å². The van der Waals surface area contributed by atoms with Gasteiger partial charge in [-0.3, -0.25) is 9.89 Å². The van der Waals surface area contributed by atoms with E-state index in [1.165, 1.54) is 11.2 Å². The van der Waals surface area contributed by atoms with E-state index in [2.05, 4.69) is 15.2 Å². The molecule has 31 heavy (non-hydrogen) atoms. The standard InChI is InChI=1S/C21H24N6O3S/c1-13(28)27-9-2-3-14-11-16(4-7-19(14)27)31(29,30)26-10-8-15(12-26)18-6-5-17-20(22)24-25-21(17)23-18/h4-7,11,15H,2-3,8-10,12H2,1H3,(H3,22,23,24,25)/t15-/m0/s1. The normalized spacial score (nSPS) is 19.6. The third kappa shape index (κ3) is 3.35. The number of benzene rings is 1. The van der Waals surface area contributed by atoms with Gasteiger partial charge in [-0.1, -0.05) is 0 Å². The SMILES string of the molecule is CC(=O)N1CCCc2cc(S(=O)(=O)N3CC[C@H](c4ccc5c(N)[nH]nc5n4)C3)ccc21. The molecule has 1 saturated heterocycles. The van der Waals surface area contributed by atoms with Crippen LogP contribution in [0.1, 0.15) is 36.9 Å². The van der Waals surface area contributed by atoms with Gasteiger partial charge >= 0.3 is 0 Å². The maximum Gasteiger partial charge on any atom is 0.243 e. The summed E-state index contributed by atoms with van der Waals surface area (Å²) < 4.78 is 28.2.